The molecule has 2 amide bonds. The number of hydrogen-bond donors (Lipinski definition) is 3. The van der Waals surface area contributed by atoms with Gasteiger partial charge >= 0.3 is 6.03 Å². The molecule has 2 heterocycles. The van der Waals surface area contributed by atoms with E-state index in [4.69, 9.17) is 11.6 Å². The number of nitrogens with one attached hydrogen (secondary N) is 3. The van der Waals surface area contributed by atoms with Gasteiger partial charge in [0, 0.05) is 17.3 Å². The minimum Gasteiger partial charge on any atom is -0.308 e. The third kappa shape index (κ3) is 2.55. The summed E-state index contributed by atoms with van der Waals surface area (Å²) in [4.78, 5) is 15.8. The Morgan fingerprint density at radius 1 is 1.25 bits per heavy atom. The van der Waals surface area contributed by atoms with Crippen molar-refractivity contribution in [3.8, 4) is 0 Å². The number of benzene rings is 1. The van der Waals surface area contributed by atoms with Crippen LogP contribution in [0.2, 0.25) is 5.15 Å². The molecule has 0 fully saturated rings. The average Bonchev–Trinajstić information content (AvgIpc) is 2.88. The predicted molar refractivity (Wildman–Crippen MR) is 78.0 cm³/mol. The summed E-state index contributed by atoms with van der Waals surface area (Å²) in [5.74, 6) is 0. The highest BCUT2D eigenvalue weighted by molar-refractivity contribution is 6.29. The van der Waals surface area contributed by atoms with Crippen molar-refractivity contribution in [2.24, 2.45) is 0 Å². The van der Waals surface area contributed by atoms with Gasteiger partial charge in [0.25, 0.3) is 0 Å². The molecule has 0 aliphatic carbocycles. The maximum Gasteiger partial charge on any atom is 0.323 e. The van der Waals surface area contributed by atoms with Crippen molar-refractivity contribution in [2.75, 3.05) is 10.6 Å². The molecule has 0 atom stereocenters. The Morgan fingerprint density at radius 2 is 2.15 bits per heavy atom. The Balaban J connectivity index is 1.77. The van der Waals surface area contributed by atoms with Crippen molar-refractivity contribution in [3.63, 3.8) is 0 Å². The smallest absolute Gasteiger partial charge is 0.308 e. The van der Waals surface area contributed by atoms with Gasteiger partial charge in [0.1, 0.15) is 5.15 Å². The van der Waals surface area contributed by atoms with Crippen LogP contribution < -0.4 is 10.6 Å². The van der Waals surface area contributed by atoms with Gasteiger partial charge in [-0.3, -0.25) is 5.10 Å². The lowest BCUT2D eigenvalue weighted by Gasteiger charge is -2.08. The molecule has 100 valence electrons. The van der Waals surface area contributed by atoms with Crippen LogP contribution in [0.15, 0.2) is 42.7 Å². The van der Waals surface area contributed by atoms with Gasteiger partial charge < -0.3 is 10.6 Å². The third-order valence-electron chi connectivity index (χ3n) is 2.71. The van der Waals surface area contributed by atoms with Crippen LogP contribution in [0.25, 0.3) is 10.9 Å². The van der Waals surface area contributed by atoms with E-state index >= 15 is 0 Å². The van der Waals surface area contributed by atoms with Gasteiger partial charge in [-0.15, -0.1) is 0 Å². The van der Waals surface area contributed by atoms with Crippen LogP contribution in [-0.2, 0) is 0 Å². The molecule has 0 spiro atoms. The molecule has 3 N–H and O–H groups in total. The summed E-state index contributed by atoms with van der Waals surface area (Å²) in [6.07, 6.45) is 3.22. The second kappa shape index (κ2) is 5.18. The highest BCUT2D eigenvalue weighted by Gasteiger charge is 2.07. The molecular formula is C13H10ClN5O. The number of hydrogen-bond acceptors (Lipinski definition) is 3. The summed E-state index contributed by atoms with van der Waals surface area (Å²) in [5.41, 5.74) is 1.99. The van der Waals surface area contributed by atoms with Gasteiger partial charge in [-0.2, -0.15) is 5.10 Å². The molecule has 6 nitrogen and oxygen atoms in total. The van der Waals surface area contributed by atoms with Gasteiger partial charge in [0.15, 0.2) is 0 Å². The van der Waals surface area contributed by atoms with Crippen LogP contribution in [-0.4, -0.2) is 21.2 Å². The van der Waals surface area contributed by atoms with E-state index in [0.29, 0.717) is 16.5 Å². The van der Waals surface area contributed by atoms with Crippen molar-refractivity contribution >= 4 is 39.9 Å². The van der Waals surface area contributed by atoms with Crippen LogP contribution in [0.5, 0.6) is 0 Å². The lowest BCUT2D eigenvalue weighted by atomic mass is 10.2. The highest BCUT2D eigenvalue weighted by Crippen LogP contribution is 2.20. The number of para-hydroxylation sites is 1. The van der Waals surface area contributed by atoms with E-state index in [-0.39, 0.29) is 6.03 Å². The lowest BCUT2D eigenvalue weighted by molar-refractivity contribution is 0.262. The number of nitrogens with zero attached hydrogens (tertiary/aromatic N) is 2. The Hall–Kier alpha value is -2.60. The van der Waals surface area contributed by atoms with Crippen LogP contribution in [0, 0.1) is 0 Å². The fourth-order valence-corrected chi connectivity index (χ4v) is 2.01. The topological polar surface area (TPSA) is 82.7 Å². The van der Waals surface area contributed by atoms with E-state index in [0.717, 1.165) is 10.9 Å². The molecule has 0 unspecified atom stereocenters. The number of anilines is 2. The second-order valence-corrected chi connectivity index (χ2v) is 4.47. The van der Waals surface area contributed by atoms with Crippen molar-refractivity contribution in [1.29, 1.82) is 0 Å². The number of pyridine rings is 1. The molecule has 0 saturated carbocycles. The number of H-pyrrole nitrogens is 1. The number of fused-ring (bicyclic) bond motifs is 1. The second-order valence-electron chi connectivity index (χ2n) is 4.09. The van der Waals surface area contributed by atoms with E-state index < -0.39 is 0 Å². The first-order chi connectivity index (χ1) is 9.72. The Morgan fingerprint density at radius 3 is 3.00 bits per heavy atom. The van der Waals surface area contributed by atoms with Gasteiger partial charge in [-0.05, 0) is 18.2 Å². The summed E-state index contributed by atoms with van der Waals surface area (Å²) < 4.78 is 0. The summed E-state index contributed by atoms with van der Waals surface area (Å²) in [6, 6.07) is 8.40. The van der Waals surface area contributed by atoms with E-state index in [1.54, 1.807) is 24.4 Å². The van der Waals surface area contributed by atoms with Gasteiger partial charge in [-0.25, -0.2) is 9.78 Å². The van der Waals surface area contributed by atoms with Crippen molar-refractivity contribution in [2.45, 2.75) is 0 Å². The summed E-state index contributed by atoms with van der Waals surface area (Å²) in [6.45, 7) is 0. The molecule has 20 heavy (non-hydrogen) atoms. The number of rotatable bonds is 2. The first-order valence-electron chi connectivity index (χ1n) is 5.84. The maximum atomic E-state index is 11.9. The van der Waals surface area contributed by atoms with Crippen molar-refractivity contribution in [3.05, 3.63) is 47.9 Å². The minimum atomic E-state index is -0.366. The van der Waals surface area contributed by atoms with E-state index in [9.17, 15) is 4.79 Å². The van der Waals surface area contributed by atoms with Gasteiger partial charge in [-0.1, -0.05) is 23.7 Å². The van der Waals surface area contributed by atoms with Crippen LogP contribution in [0.3, 0.4) is 0 Å². The molecule has 0 aliphatic heterocycles. The molecule has 0 radical (unpaired) electrons. The fraction of sp³-hybridized carbons (Fsp3) is 0. The number of urea groups is 1. The summed E-state index contributed by atoms with van der Waals surface area (Å²) in [7, 11) is 0. The van der Waals surface area contributed by atoms with Crippen molar-refractivity contribution < 1.29 is 4.79 Å². The first kappa shape index (κ1) is 12.4. The molecular weight excluding hydrogens is 278 g/mol. The SMILES string of the molecule is O=C(Nc1ccnc(Cl)c1)Nc1cccc2cn[nH]c12. The summed E-state index contributed by atoms with van der Waals surface area (Å²) in [5, 5.41) is 13.5. The van der Waals surface area contributed by atoms with Gasteiger partial charge in [0.2, 0.25) is 0 Å². The molecule has 2 aromatic heterocycles. The number of carbonyl (C=O) groups excluding carboxylic acids is 1. The van der Waals surface area contributed by atoms with E-state index in [1.165, 1.54) is 6.20 Å². The first-order valence-corrected chi connectivity index (χ1v) is 6.22. The number of aromatic amines is 1. The number of amides is 2. The quantitative estimate of drug-likeness (QED) is 0.633. The maximum absolute atomic E-state index is 11.9. The molecule has 7 heteroatoms. The van der Waals surface area contributed by atoms with Gasteiger partial charge in [0.05, 0.1) is 17.4 Å². The Labute approximate surface area is 119 Å². The third-order valence-corrected chi connectivity index (χ3v) is 2.92. The molecule has 0 saturated heterocycles. The minimum absolute atomic E-state index is 0.318. The number of carbonyl (C=O) groups is 1. The normalized spacial score (nSPS) is 10.4. The van der Waals surface area contributed by atoms with Crippen molar-refractivity contribution in [1.82, 2.24) is 15.2 Å². The average molecular weight is 288 g/mol. The predicted octanol–water partition coefficient (Wildman–Crippen LogP) is 3.26. The monoisotopic (exact) mass is 287 g/mol. The summed E-state index contributed by atoms with van der Waals surface area (Å²) >= 11 is 5.76. The zero-order valence-corrected chi connectivity index (χ0v) is 11.0. The van der Waals surface area contributed by atoms with E-state index in [2.05, 4.69) is 25.8 Å². The molecule has 0 bridgehead atoms. The zero-order chi connectivity index (χ0) is 13.9. The Bertz CT molecular complexity index is 770. The van der Waals surface area contributed by atoms with Crippen LogP contribution in [0.1, 0.15) is 0 Å². The zero-order valence-electron chi connectivity index (χ0n) is 10.2. The van der Waals surface area contributed by atoms with E-state index in [1.807, 2.05) is 12.1 Å². The fourth-order valence-electron chi connectivity index (χ4n) is 1.84. The molecule has 1 aromatic carbocycles. The van der Waals surface area contributed by atoms with Crippen LogP contribution >= 0.6 is 11.6 Å². The lowest BCUT2D eigenvalue weighted by Crippen LogP contribution is -2.19. The standard InChI is InChI=1S/C13H10ClN5O/c14-11-6-9(4-5-15-11)17-13(20)18-10-3-1-2-8-7-16-19-12(8)10/h1-7H,(H,16,19)(H2,15,17,18,20). The molecule has 0 aliphatic rings. The highest BCUT2D eigenvalue weighted by atomic mass is 35.5. The number of aromatic nitrogens is 3. The Kier molecular flexibility index (Phi) is 3.22. The largest absolute Gasteiger partial charge is 0.323 e. The van der Waals surface area contributed by atoms with Crippen LogP contribution in [0.4, 0.5) is 16.2 Å². The molecule has 3 aromatic rings. The number of halogens is 1. The molecule has 3 rings (SSSR count).